The van der Waals surface area contributed by atoms with Gasteiger partial charge in [-0.3, -0.25) is 9.80 Å². The van der Waals surface area contributed by atoms with Crippen LogP contribution in [0.1, 0.15) is 0 Å². The summed E-state index contributed by atoms with van der Waals surface area (Å²) in [5.74, 6) is 1.58. The van der Waals surface area contributed by atoms with E-state index in [0.717, 1.165) is 49.0 Å². The summed E-state index contributed by atoms with van der Waals surface area (Å²) < 4.78 is 3.72. The third-order valence-electron chi connectivity index (χ3n) is 5.26. The molecule has 10 nitrogen and oxygen atoms in total. The highest BCUT2D eigenvalue weighted by atomic mass is 15.6. The molecule has 1 fully saturated rings. The van der Waals surface area contributed by atoms with Crippen LogP contribution >= 0.6 is 0 Å². The molecule has 0 N–H and O–H groups in total. The average molecular weight is 402 g/mol. The van der Waals surface area contributed by atoms with Crippen molar-refractivity contribution in [1.29, 1.82) is 0 Å². The topological polar surface area (TPSA) is 93.7 Å². The fourth-order valence-electron chi connectivity index (χ4n) is 3.64. The molecule has 0 bridgehead atoms. The van der Waals surface area contributed by atoms with E-state index in [9.17, 15) is 0 Å². The summed E-state index contributed by atoms with van der Waals surface area (Å²) in [6.45, 7) is 5.05. The second kappa shape index (κ2) is 8.47. The van der Waals surface area contributed by atoms with Crippen LogP contribution in [0, 0.1) is 0 Å². The average Bonchev–Trinajstić information content (AvgIpc) is 3.46. The number of tetrazole rings is 2. The number of piperazine rings is 1. The maximum atomic E-state index is 4.19. The standard InChI is InChI=1S/C20H22N10/c1-3-7-17(8-4-1)19-21-23-25-29(19)15-27-11-13-28(14-12-27)16-30-20(22-24-26-30)18-9-5-2-6-10-18/h1-10H,11-16H2. The van der Waals surface area contributed by atoms with Gasteiger partial charge in [-0.05, 0) is 20.9 Å². The molecule has 0 unspecified atom stereocenters. The highest BCUT2D eigenvalue weighted by molar-refractivity contribution is 5.54. The van der Waals surface area contributed by atoms with Crippen molar-refractivity contribution in [3.63, 3.8) is 0 Å². The zero-order valence-corrected chi connectivity index (χ0v) is 16.5. The Hall–Kier alpha value is -3.50. The molecule has 3 heterocycles. The summed E-state index contributed by atoms with van der Waals surface area (Å²) in [5, 5.41) is 24.5. The maximum absolute atomic E-state index is 4.19. The number of rotatable bonds is 6. The number of nitrogens with zero attached hydrogens (tertiary/aromatic N) is 10. The van der Waals surface area contributed by atoms with Gasteiger partial charge in [0.15, 0.2) is 11.6 Å². The van der Waals surface area contributed by atoms with Gasteiger partial charge in [-0.15, -0.1) is 10.2 Å². The van der Waals surface area contributed by atoms with Crippen LogP contribution in [-0.4, -0.2) is 76.4 Å². The van der Waals surface area contributed by atoms with Crippen LogP contribution < -0.4 is 0 Å². The number of benzene rings is 2. The SMILES string of the molecule is c1ccc(-c2nnnn2CN2CCN(Cn3nnnc3-c3ccccc3)CC2)cc1. The third kappa shape index (κ3) is 3.95. The van der Waals surface area contributed by atoms with Crippen molar-refractivity contribution in [2.45, 2.75) is 13.3 Å². The molecule has 2 aromatic carbocycles. The number of hydrogen-bond acceptors (Lipinski definition) is 8. The Morgan fingerprint density at radius 3 is 1.37 bits per heavy atom. The monoisotopic (exact) mass is 402 g/mol. The molecule has 5 rings (SSSR count). The lowest BCUT2D eigenvalue weighted by Gasteiger charge is -2.34. The minimum atomic E-state index is 0.672. The van der Waals surface area contributed by atoms with E-state index in [1.165, 1.54) is 0 Å². The van der Waals surface area contributed by atoms with Gasteiger partial charge >= 0.3 is 0 Å². The first-order valence-electron chi connectivity index (χ1n) is 9.95. The summed E-state index contributed by atoms with van der Waals surface area (Å²) in [5.41, 5.74) is 2.04. The van der Waals surface area contributed by atoms with Gasteiger partial charge in [0, 0.05) is 37.3 Å². The van der Waals surface area contributed by atoms with Crippen molar-refractivity contribution < 1.29 is 0 Å². The van der Waals surface area contributed by atoms with Crippen molar-refractivity contribution in [1.82, 2.24) is 50.2 Å². The van der Waals surface area contributed by atoms with Crippen LogP contribution in [-0.2, 0) is 13.3 Å². The zero-order valence-electron chi connectivity index (χ0n) is 16.5. The molecule has 1 saturated heterocycles. The van der Waals surface area contributed by atoms with Crippen LogP contribution in [0.25, 0.3) is 22.8 Å². The van der Waals surface area contributed by atoms with E-state index in [1.807, 2.05) is 70.0 Å². The molecule has 0 radical (unpaired) electrons. The van der Waals surface area contributed by atoms with Gasteiger partial charge in [0.1, 0.15) is 0 Å². The molecule has 0 amide bonds. The van der Waals surface area contributed by atoms with Crippen molar-refractivity contribution in [3.8, 4) is 22.8 Å². The summed E-state index contributed by atoms with van der Waals surface area (Å²) >= 11 is 0. The smallest absolute Gasteiger partial charge is 0.183 e. The quantitative estimate of drug-likeness (QED) is 0.475. The summed E-state index contributed by atoms with van der Waals surface area (Å²) in [7, 11) is 0. The summed E-state index contributed by atoms with van der Waals surface area (Å²) in [6, 6.07) is 20.1. The lowest BCUT2D eigenvalue weighted by atomic mass is 10.2. The summed E-state index contributed by atoms with van der Waals surface area (Å²) in [6.07, 6.45) is 0. The zero-order chi connectivity index (χ0) is 20.2. The first kappa shape index (κ1) is 18.5. The third-order valence-corrected chi connectivity index (χ3v) is 5.26. The molecule has 1 aliphatic heterocycles. The normalized spacial score (nSPS) is 15.5. The molecule has 1 aliphatic rings. The van der Waals surface area contributed by atoms with E-state index in [4.69, 9.17) is 0 Å². The Balaban J connectivity index is 1.20. The fraction of sp³-hybridized carbons (Fsp3) is 0.300. The van der Waals surface area contributed by atoms with Gasteiger partial charge in [0.05, 0.1) is 13.3 Å². The Morgan fingerprint density at radius 1 is 0.567 bits per heavy atom. The van der Waals surface area contributed by atoms with Crippen molar-refractivity contribution in [2.75, 3.05) is 26.2 Å². The van der Waals surface area contributed by atoms with Gasteiger partial charge in [-0.1, -0.05) is 60.7 Å². The van der Waals surface area contributed by atoms with E-state index in [1.54, 1.807) is 0 Å². The van der Waals surface area contributed by atoms with Gasteiger partial charge in [-0.2, -0.15) is 0 Å². The summed E-state index contributed by atoms with van der Waals surface area (Å²) in [4.78, 5) is 4.72. The van der Waals surface area contributed by atoms with Crippen LogP contribution in [0.4, 0.5) is 0 Å². The lowest BCUT2D eigenvalue weighted by Crippen LogP contribution is -2.47. The van der Waals surface area contributed by atoms with Crippen molar-refractivity contribution in [3.05, 3.63) is 60.7 Å². The largest absolute Gasteiger partial charge is 0.282 e. The van der Waals surface area contributed by atoms with Crippen LogP contribution in [0.3, 0.4) is 0 Å². The van der Waals surface area contributed by atoms with E-state index < -0.39 is 0 Å². The molecular formula is C20H22N10. The lowest BCUT2D eigenvalue weighted by molar-refractivity contribution is 0.0803. The predicted molar refractivity (Wildman–Crippen MR) is 110 cm³/mol. The fourth-order valence-corrected chi connectivity index (χ4v) is 3.64. The molecule has 0 spiro atoms. The second-order valence-electron chi connectivity index (χ2n) is 7.26. The first-order chi connectivity index (χ1) is 14.9. The van der Waals surface area contributed by atoms with Gasteiger partial charge in [0.2, 0.25) is 0 Å². The molecule has 4 aromatic rings. The Bertz CT molecular complexity index is 979. The molecule has 0 aliphatic carbocycles. The highest BCUT2D eigenvalue weighted by Crippen LogP contribution is 2.17. The second-order valence-corrected chi connectivity index (χ2v) is 7.26. The predicted octanol–water partition coefficient (Wildman–Crippen LogP) is 1.23. The minimum absolute atomic E-state index is 0.672. The van der Waals surface area contributed by atoms with E-state index in [2.05, 4.69) is 40.9 Å². The molecule has 152 valence electrons. The molecule has 30 heavy (non-hydrogen) atoms. The van der Waals surface area contributed by atoms with Crippen molar-refractivity contribution >= 4 is 0 Å². The highest BCUT2D eigenvalue weighted by Gasteiger charge is 2.21. The molecular weight excluding hydrogens is 380 g/mol. The van der Waals surface area contributed by atoms with Crippen molar-refractivity contribution in [2.24, 2.45) is 0 Å². The van der Waals surface area contributed by atoms with Crippen LogP contribution in [0.2, 0.25) is 0 Å². The Labute approximate surface area is 173 Å². The Morgan fingerprint density at radius 2 is 0.967 bits per heavy atom. The maximum Gasteiger partial charge on any atom is 0.183 e. The van der Waals surface area contributed by atoms with Crippen LogP contribution in [0.15, 0.2) is 60.7 Å². The molecule has 2 aromatic heterocycles. The van der Waals surface area contributed by atoms with Gasteiger partial charge < -0.3 is 0 Å². The van der Waals surface area contributed by atoms with Crippen LogP contribution in [0.5, 0.6) is 0 Å². The number of aromatic nitrogens is 8. The number of hydrogen-bond donors (Lipinski definition) is 0. The Kier molecular flexibility index (Phi) is 5.23. The van der Waals surface area contributed by atoms with E-state index in [-0.39, 0.29) is 0 Å². The minimum Gasteiger partial charge on any atom is -0.282 e. The van der Waals surface area contributed by atoms with E-state index >= 15 is 0 Å². The van der Waals surface area contributed by atoms with E-state index in [0.29, 0.717) is 13.3 Å². The van der Waals surface area contributed by atoms with Gasteiger partial charge in [-0.25, -0.2) is 9.36 Å². The molecule has 0 saturated carbocycles. The molecule has 0 atom stereocenters. The molecule has 10 heteroatoms. The first-order valence-corrected chi connectivity index (χ1v) is 9.95. The van der Waals surface area contributed by atoms with Gasteiger partial charge in [0.25, 0.3) is 0 Å².